The van der Waals surface area contributed by atoms with E-state index in [4.69, 9.17) is 32.7 Å². The van der Waals surface area contributed by atoms with Gasteiger partial charge in [-0.3, -0.25) is 4.99 Å². The number of aliphatic imine (C=N–C) groups is 1. The first-order valence-electron chi connectivity index (χ1n) is 11.2. The summed E-state index contributed by atoms with van der Waals surface area (Å²) in [4.78, 5) is 4.12. The zero-order chi connectivity index (χ0) is 23.9. The van der Waals surface area contributed by atoms with Gasteiger partial charge >= 0.3 is 0 Å². The maximum Gasteiger partial charge on any atom is 0.150 e. The van der Waals surface area contributed by atoms with E-state index in [2.05, 4.69) is 42.0 Å². The minimum Gasteiger partial charge on any atom is -0.502 e. The summed E-state index contributed by atoms with van der Waals surface area (Å²) >= 11 is 19.0. The Morgan fingerprint density at radius 3 is 2.43 bits per heavy atom. The Morgan fingerprint density at radius 1 is 0.971 bits per heavy atom. The minimum absolute atomic E-state index is 0. The fourth-order valence-corrected chi connectivity index (χ4v) is 5.62. The molecular weight excluding hydrogens is 617 g/mol. The molecule has 1 unspecified atom stereocenters. The summed E-state index contributed by atoms with van der Waals surface area (Å²) in [6, 6.07) is 7.86. The SMILES string of the molecule is C.C1=COCCC1.Clc1cc(Br)cc2c1C=NC2.Clc1cc(Br)cc2c1cnn2C1CCCCO1. The van der Waals surface area contributed by atoms with Crippen molar-refractivity contribution in [3.63, 3.8) is 0 Å². The minimum atomic E-state index is 0. The molecule has 0 saturated carbocycles. The second-order valence-electron chi connectivity index (χ2n) is 8.05. The molecule has 0 bridgehead atoms. The zero-order valence-electron chi connectivity index (χ0n) is 18.5. The number of fused-ring (bicyclic) bond motifs is 2. The van der Waals surface area contributed by atoms with E-state index in [0.29, 0.717) is 0 Å². The fraction of sp³-hybridized carbons (Fsp3) is 0.385. The van der Waals surface area contributed by atoms with Crippen LogP contribution in [0.4, 0.5) is 0 Å². The third-order valence-corrected chi connectivity index (χ3v) is 7.09. The van der Waals surface area contributed by atoms with E-state index < -0.39 is 0 Å². The van der Waals surface area contributed by atoms with Crippen LogP contribution < -0.4 is 0 Å². The number of aromatic nitrogens is 2. The molecule has 2 aromatic carbocycles. The van der Waals surface area contributed by atoms with Crippen LogP contribution in [0.15, 0.2) is 56.7 Å². The molecule has 0 N–H and O–H groups in total. The monoisotopic (exact) mass is 643 g/mol. The number of rotatable bonds is 1. The van der Waals surface area contributed by atoms with Gasteiger partial charge in [0, 0.05) is 32.7 Å². The summed E-state index contributed by atoms with van der Waals surface area (Å²) in [5.41, 5.74) is 3.29. The molecule has 188 valence electrons. The van der Waals surface area contributed by atoms with Gasteiger partial charge in [-0.2, -0.15) is 5.10 Å². The Hall–Kier alpha value is -1.38. The van der Waals surface area contributed by atoms with Crippen molar-refractivity contribution in [2.75, 3.05) is 13.2 Å². The second kappa shape index (κ2) is 13.8. The van der Waals surface area contributed by atoms with Crippen LogP contribution in [0.3, 0.4) is 0 Å². The number of hydrogen-bond acceptors (Lipinski definition) is 4. The van der Waals surface area contributed by atoms with Crippen LogP contribution in [0.2, 0.25) is 10.0 Å². The molecule has 3 aliphatic heterocycles. The highest BCUT2D eigenvalue weighted by molar-refractivity contribution is 9.10. The van der Waals surface area contributed by atoms with Gasteiger partial charge in [0.1, 0.15) is 0 Å². The molecule has 0 aliphatic carbocycles. The average Bonchev–Trinajstić information content (AvgIpc) is 3.49. The van der Waals surface area contributed by atoms with Gasteiger partial charge in [0.15, 0.2) is 6.23 Å². The predicted molar refractivity (Wildman–Crippen MR) is 153 cm³/mol. The molecule has 5 nitrogen and oxygen atoms in total. The van der Waals surface area contributed by atoms with Gasteiger partial charge < -0.3 is 9.47 Å². The summed E-state index contributed by atoms with van der Waals surface area (Å²) in [6.07, 6.45) is 13.2. The average molecular weight is 646 g/mol. The van der Waals surface area contributed by atoms with Gasteiger partial charge in [0.2, 0.25) is 0 Å². The van der Waals surface area contributed by atoms with Crippen molar-refractivity contribution in [2.24, 2.45) is 4.99 Å². The predicted octanol–water partition coefficient (Wildman–Crippen LogP) is 9.13. The first kappa shape index (κ1) is 28.2. The molecule has 0 radical (unpaired) electrons. The first-order chi connectivity index (χ1) is 16.5. The number of allylic oxidation sites excluding steroid dienone is 1. The summed E-state index contributed by atoms with van der Waals surface area (Å²) in [5.74, 6) is 0. The van der Waals surface area contributed by atoms with Gasteiger partial charge in [0.25, 0.3) is 0 Å². The Labute approximate surface area is 233 Å². The Kier molecular flexibility index (Phi) is 11.1. The van der Waals surface area contributed by atoms with Crippen LogP contribution in [0.25, 0.3) is 10.9 Å². The molecule has 6 rings (SSSR count). The van der Waals surface area contributed by atoms with E-state index in [1.54, 1.807) is 6.26 Å². The summed E-state index contributed by atoms with van der Waals surface area (Å²) in [6.45, 7) is 2.48. The highest BCUT2D eigenvalue weighted by Gasteiger charge is 2.19. The van der Waals surface area contributed by atoms with Crippen LogP contribution in [0.5, 0.6) is 0 Å². The molecule has 4 heterocycles. The largest absolute Gasteiger partial charge is 0.502 e. The van der Waals surface area contributed by atoms with E-state index in [1.165, 1.54) is 24.8 Å². The summed E-state index contributed by atoms with van der Waals surface area (Å²) in [5, 5.41) is 6.88. The molecule has 3 aromatic rings. The normalized spacial score (nSPS) is 17.9. The van der Waals surface area contributed by atoms with Crippen LogP contribution in [-0.2, 0) is 16.0 Å². The lowest BCUT2D eigenvalue weighted by atomic mass is 10.1. The van der Waals surface area contributed by atoms with Crippen LogP contribution >= 0.6 is 55.1 Å². The van der Waals surface area contributed by atoms with Crippen LogP contribution in [0, 0.1) is 0 Å². The van der Waals surface area contributed by atoms with E-state index in [1.807, 2.05) is 47.4 Å². The molecule has 1 fully saturated rings. The maximum absolute atomic E-state index is 6.19. The van der Waals surface area contributed by atoms with Crippen LogP contribution in [-0.4, -0.2) is 29.2 Å². The lowest BCUT2D eigenvalue weighted by molar-refractivity contribution is -0.0366. The fourth-order valence-electron chi connectivity index (χ4n) is 3.85. The topological polar surface area (TPSA) is 48.6 Å². The molecule has 1 atom stereocenters. The molecule has 9 heteroatoms. The molecule has 0 amide bonds. The van der Waals surface area contributed by atoms with Crippen molar-refractivity contribution < 1.29 is 9.47 Å². The standard InChI is InChI=1S/C12H12BrClN2O.C8H5BrClN.C5H8O.CH4/c13-8-5-10(14)9-7-15-16(11(9)6-8)12-3-1-2-4-17-12;9-6-1-5-3-11-4-7(5)8(10)2-6;1-2-4-6-5-3-1;/h5-7,12H,1-4H2;1-2,4H,3H2;2,4H,1,3,5H2;1H4. The molecule has 1 aromatic heterocycles. The van der Waals surface area contributed by atoms with Crippen molar-refractivity contribution in [3.05, 3.63) is 72.9 Å². The van der Waals surface area contributed by atoms with Gasteiger partial charge in [-0.25, -0.2) is 4.68 Å². The molecule has 1 saturated heterocycles. The van der Waals surface area contributed by atoms with Crippen molar-refractivity contribution in [2.45, 2.75) is 52.3 Å². The number of benzene rings is 2. The highest BCUT2D eigenvalue weighted by Crippen LogP contribution is 2.32. The van der Waals surface area contributed by atoms with Crippen molar-refractivity contribution in [1.29, 1.82) is 0 Å². The Balaban J connectivity index is 0.000000163. The highest BCUT2D eigenvalue weighted by atomic mass is 79.9. The van der Waals surface area contributed by atoms with E-state index in [9.17, 15) is 0 Å². The number of nitrogens with zero attached hydrogens (tertiary/aromatic N) is 3. The van der Waals surface area contributed by atoms with Gasteiger partial charge in [0.05, 0.1) is 41.2 Å². The zero-order valence-corrected chi connectivity index (χ0v) is 23.2. The third-order valence-electron chi connectivity index (χ3n) is 5.55. The Bertz CT molecular complexity index is 1180. The van der Waals surface area contributed by atoms with Crippen molar-refractivity contribution >= 4 is 72.2 Å². The summed E-state index contributed by atoms with van der Waals surface area (Å²) in [7, 11) is 0. The number of ether oxygens (including phenoxy) is 2. The molecule has 35 heavy (non-hydrogen) atoms. The van der Waals surface area contributed by atoms with Crippen molar-refractivity contribution in [3.8, 4) is 0 Å². The van der Waals surface area contributed by atoms with E-state index in [0.717, 1.165) is 68.1 Å². The van der Waals surface area contributed by atoms with Crippen molar-refractivity contribution in [1.82, 2.24) is 9.78 Å². The molecular formula is C26H29Br2Cl2N3O2. The van der Waals surface area contributed by atoms with E-state index >= 15 is 0 Å². The van der Waals surface area contributed by atoms with Gasteiger partial charge in [-0.1, -0.05) is 62.5 Å². The third kappa shape index (κ3) is 7.56. The second-order valence-corrected chi connectivity index (χ2v) is 10.7. The number of halogens is 4. The van der Waals surface area contributed by atoms with Gasteiger partial charge in [-0.15, -0.1) is 0 Å². The summed E-state index contributed by atoms with van der Waals surface area (Å²) < 4.78 is 14.6. The lowest BCUT2D eigenvalue weighted by Crippen LogP contribution is -2.18. The van der Waals surface area contributed by atoms with Gasteiger partial charge in [-0.05, 0) is 68.0 Å². The first-order valence-corrected chi connectivity index (χ1v) is 13.6. The van der Waals surface area contributed by atoms with Crippen LogP contribution in [0.1, 0.15) is 56.9 Å². The maximum atomic E-state index is 6.19. The number of hydrogen-bond donors (Lipinski definition) is 0. The quantitative estimate of drug-likeness (QED) is 0.265. The lowest BCUT2D eigenvalue weighted by Gasteiger charge is -2.23. The molecule has 3 aliphatic rings. The Morgan fingerprint density at radius 2 is 1.77 bits per heavy atom. The smallest absolute Gasteiger partial charge is 0.150 e. The van der Waals surface area contributed by atoms with E-state index in [-0.39, 0.29) is 13.7 Å². The molecule has 0 spiro atoms.